The standard InChI is InChI=1S/C49H61F3N4O15/c50-49(51,52)35-8-6-9-36(34-35)53-39-12-4-3-10-37(39)48(62)71-33-32-70-31-30-69-29-28-68-27-26-67-25-24-66-23-22-65-21-20-64-19-18-63-17-5-1-2-14-42(57)54-40-13-7-11-38-44(40)47(61)56(46(38)60)41-15-16-43(58)55-45(41)59/h3-4,6-13,34,41,53H,1-2,5,14-33H2,(H,54,57)(H,55,58,59). The second-order valence-electron chi connectivity index (χ2n) is 15.8. The number of unbranched alkanes of at least 4 members (excludes halogenated alkanes) is 2. The Morgan fingerprint density at radius 3 is 1.72 bits per heavy atom. The highest BCUT2D eigenvalue weighted by atomic mass is 19.4. The first kappa shape index (κ1) is 56.1. The molecule has 5 amide bonds. The molecule has 0 saturated carbocycles. The lowest BCUT2D eigenvalue weighted by Gasteiger charge is -2.27. The van der Waals surface area contributed by atoms with Gasteiger partial charge in [-0.1, -0.05) is 30.7 Å². The van der Waals surface area contributed by atoms with Gasteiger partial charge in [0.15, 0.2) is 0 Å². The first-order valence-corrected chi connectivity index (χ1v) is 23.4. The number of anilines is 3. The van der Waals surface area contributed by atoms with Crippen LogP contribution in [0.25, 0.3) is 0 Å². The number of halogens is 3. The number of carbonyl (C=O) groups excluding carboxylic acids is 6. The van der Waals surface area contributed by atoms with Gasteiger partial charge in [0, 0.05) is 25.1 Å². The van der Waals surface area contributed by atoms with E-state index in [9.17, 15) is 41.9 Å². The van der Waals surface area contributed by atoms with Crippen LogP contribution in [0.2, 0.25) is 0 Å². The minimum Gasteiger partial charge on any atom is -0.460 e. The van der Waals surface area contributed by atoms with E-state index in [1.165, 1.54) is 30.3 Å². The molecule has 1 atom stereocenters. The minimum absolute atomic E-state index is 0.0155. The third kappa shape index (κ3) is 19.4. The van der Waals surface area contributed by atoms with E-state index < -0.39 is 47.4 Å². The normalized spacial score (nSPS) is 14.7. The molecule has 0 aromatic heterocycles. The van der Waals surface area contributed by atoms with Crippen molar-refractivity contribution in [2.75, 3.05) is 123 Å². The van der Waals surface area contributed by atoms with E-state index in [0.717, 1.165) is 29.9 Å². The van der Waals surface area contributed by atoms with Crippen molar-refractivity contribution in [3.8, 4) is 0 Å². The van der Waals surface area contributed by atoms with E-state index in [4.69, 9.17) is 42.6 Å². The highest BCUT2D eigenvalue weighted by Gasteiger charge is 2.45. The van der Waals surface area contributed by atoms with Crippen LogP contribution in [0.1, 0.15) is 75.2 Å². The molecule has 5 rings (SSSR count). The molecule has 0 aliphatic carbocycles. The van der Waals surface area contributed by atoms with E-state index >= 15 is 0 Å². The lowest BCUT2D eigenvalue weighted by atomic mass is 10.0. The van der Waals surface area contributed by atoms with Gasteiger partial charge in [0.05, 0.1) is 133 Å². The number of imide groups is 2. The number of amides is 5. The summed E-state index contributed by atoms with van der Waals surface area (Å²) >= 11 is 0. The molecule has 1 fully saturated rings. The number of hydrogen-bond acceptors (Lipinski definition) is 16. The molecule has 22 heteroatoms. The van der Waals surface area contributed by atoms with Crippen molar-refractivity contribution in [3.63, 3.8) is 0 Å². The topological polar surface area (TPSA) is 225 Å². The molecule has 0 bridgehead atoms. The lowest BCUT2D eigenvalue weighted by Crippen LogP contribution is -2.54. The maximum absolute atomic E-state index is 13.2. The van der Waals surface area contributed by atoms with Gasteiger partial charge in [-0.15, -0.1) is 0 Å². The molecule has 0 radical (unpaired) electrons. The van der Waals surface area contributed by atoms with E-state index in [1.54, 1.807) is 24.3 Å². The maximum atomic E-state index is 13.2. The Kier molecular flexibility index (Phi) is 24.3. The molecule has 2 heterocycles. The molecule has 2 aliphatic rings. The number of alkyl halides is 3. The van der Waals surface area contributed by atoms with Gasteiger partial charge in [-0.2, -0.15) is 13.2 Å². The summed E-state index contributed by atoms with van der Waals surface area (Å²) in [6.45, 7) is 6.06. The van der Waals surface area contributed by atoms with E-state index in [-0.39, 0.29) is 73.1 Å². The molecular formula is C49H61F3N4O15. The second-order valence-corrected chi connectivity index (χ2v) is 15.8. The zero-order valence-corrected chi connectivity index (χ0v) is 39.4. The molecule has 19 nitrogen and oxygen atoms in total. The fourth-order valence-corrected chi connectivity index (χ4v) is 7.11. The molecular weight excluding hydrogens is 942 g/mol. The SMILES string of the molecule is O=C1CCC(N2C(=O)c3cccc(NC(=O)CCCCCOCCOCCOCCOCCOCCOCCOCCOCCOC(=O)c4ccccc4Nc4cccc(C(F)(F)F)c4)c3C2=O)C(=O)N1. The van der Waals surface area contributed by atoms with Gasteiger partial charge < -0.3 is 53.3 Å². The number of ether oxygens (including phenoxy) is 9. The van der Waals surface area contributed by atoms with Crippen LogP contribution < -0.4 is 16.0 Å². The van der Waals surface area contributed by atoms with Gasteiger partial charge in [-0.3, -0.25) is 34.2 Å². The maximum Gasteiger partial charge on any atom is 0.416 e. The summed E-state index contributed by atoms with van der Waals surface area (Å²) in [5, 5.41) is 7.74. The summed E-state index contributed by atoms with van der Waals surface area (Å²) in [6.07, 6.45) is -2.15. The summed E-state index contributed by atoms with van der Waals surface area (Å²) in [6, 6.07) is 14.5. The van der Waals surface area contributed by atoms with Crippen LogP contribution in [0, 0.1) is 0 Å². The number of nitrogens with one attached hydrogen (secondary N) is 3. The highest BCUT2D eigenvalue weighted by molar-refractivity contribution is 6.26. The largest absolute Gasteiger partial charge is 0.460 e. The smallest absolute Gasteiger partial charge is 0.416 e. The summed E-state index contributed by atoms with van der Waals surface area (Å²) in [5.41, 5.74) is 0.193. The monoisotopic (exact) mass is 1000 g/mol. The Hall–Kier alpha value is -5.85. The van der Waals surface area contributed by atoms with Crippen LogP contribution in [-0.4, -0.2) is 159 Å². The summed E-state index contributed by atoms with van der Waals surface area (Å²) in [5.74, 6) is -3.43. The molecule has 3 aromatic rings. The van der Waals surface area contributed by atoms with Crippen LogP contribution in [-0.2, 0) is 63.2 Å². The second kappa shape index (κ2) is 30.8. The van der Waals surface area contributed by atoms with Crippen LogP contribution in [0.3, 0.4) is 0 Å². The number of hydrogen-bond donors (Lipinski definition) is 3. The quantitative estimate of drug-likeness (QED) is 0.0384. The number of para-hydroxylation sites is 1. The Balaban J connectivity index is 0.731. The number of nitrogens with zero attached hydrogens (tertiary/aromatic N) is 1. The summed E-state index contributed by atoms with van der Waals surface area (Å²) in [4.78, 5) is 76.3. The molecule has 71 heavy (non-hydrogen) atoms. The van der Waals surface area contributed by atoms with E-state index in [0.29, 0.717) is 105 Å². The molecule has 0 spiro atoms. The van der Waals surface area contributed by atoms with Gasteiger partial charge in [0.25, 0.3) is 11.8 Å². The van der Waals surface area contributed by atoms with Crippen LogP contribution in [0.5, 0.6) is 0 Å². The number of fused-ring (bicyclic) bond motifs is 1. The highest BCUT2D eigenvalue weighted by Crippen LogP contribution is 2.34. The van der Waals surface area contributed by atoms with Crippen LogP contribution in [0.15, 0.2) is 66.7 Å². The van der Waals surface area contributed by atoms with E-state index in [1.807, 2.05) is 0 Å². The van der Waals surface area contributed by atoms with Crippen LogP contribution >= 0.6 is 0 Å². The molecule has 3 aromatic carbocycles. The first-order chi connectivity index (χ1) is 34.4. The first-order valence-electron chi connectivity index (χ1n) is 23.4. The molecule has 388 valence electrons. The number of esters is 1. The Bertz CT molecular complexity index is 2200. The summed E-state index contributed by atoms with van der Waals surface area (Å²) in [7, 11) is 0. The van der Waals surface area contributed by atoms with Gasteiger partial charge in [-0.05, 0) is 61.7 Å². The fraction of sp³-hybridized carbons (Fsp3) is 0.510. The Morgan fingerprint density at radius 1 is 0.606 bits per heavy atom. The zero-order chi connectivity index (χ0) is 50.7. The number of benzene rings is 3. The Morgan fingerprint density at radius 2 is 1.14 bits per heavy atom. The molecule has 1 saturated heterocycles. The van der Waals surface area contributed by atoms with Gasteiger partial charge in [-0.25, -0.2) is 4.79 Å². The zero-order valence-electron chi connectivity index (χ0n) is 39.4. The average Bonchev–Trinajstić information content (AvgIpc) is 3.60. The number of rotatable bonds is 35. The van der Waals surface area contributed by atoms with Gasteiger partial charge >= 0.3 is 12.1 Å². The Labute approximate surface area is 409 Å². The minimum atomic E-state index is -4.49. The molecule has 3 N–H and O–H groups in total. The summed E-state index contributed by atoms with van der Waals surface area (Å²) < 4.78 is 88.5. The van der Waals surface area contributed by atoms with Crippen molar-refractivity contribution in [2.45, 2.75) is 50.7 Å². The van der Waals surface area contributed by atoms with Crippen molar-refractivity contribution in [3.05, 3.63) is 89.0 Å². The molecule has 2 aliphatic heterocycles. The number of piperidine rings is 1. The predicted molar refractivity (Wildman–Crippen MR) is 248 cm³/mol. The van der Waals surface area contributed by atoms with Crippen molar-refractivity contribution < 1.29 is 84.6 Å². The predicted octanol–water partition coefficient (Wildman–Crippen LogP) is 5.34. The fourth-order valence-electron chi connectivity index (χ4n) is 7.11. The van der Waals surface area contributed by atoms with E-state index in [2.05, 4.69) is 16.0 Å². The van der Waals surface area contributed by atoms with Gasteiger partial charge in [0.2, 0.25) is 17.7 Å². The van der Waals surface area contributed by atoms with Gasteiger partial charge in [0.1, 0.15) is 12.6 Å². The van der Waals surface area contributed by atoms with Crippen molar-refractivity contribution >= 4 is 52.6 Å². The van der Waals surface area contributed by atoms with Crippen molar-refractivity contribution in [2.24, 2.45) is 0 Å². The van der Waals surface area contributed by atoms with Crippen molar-refractivity contribution in [1.29, 1.82) is 0 Å². The van der Waals surface area contributed by atoms with Crippen molar-refractivity contribution in [1.82, 2.24) is 10.2 Å². The third-order valence-electron chi connectivity index (χ3n) is 10.6. The number of carbonyl (C=O) groups is 6. The van der Waals surface area contributed by atoms with Crippen LogP contribution in [0.4, 0.5) is 30.2 Å². The third-order valence-corrected chi connectivity index (χ3v) is 10.6. The molecule has 1 unspecified atom stereocenters. The lowest BCUT2D eigenvalue weighted by molar-refractivity contribution is -0.138. The average molecular weight is 1000 g/mol.